The van der Waals surface area contributed by atoms with Crippen LogP contribution in [0.3, 0.4) is 0 Å². The van der Waals surface area contributed by atoms with E-state index in [9.17, 15) is 13.2 Å². The summed E-state index contributed by atoms with van der Waals surface area (Å²) in [6, 6.07) is 1.61. The number of alkyl halides is 3. The van der Waals surface area contributed by atoms with Crippen LogP contribution in [-0.4, -0.2) is 34.3 Å². The Bertz CT molecular complexity index is 345. The van der Waals surface area contributed by atoms with Gasteiger partial charge in [0.1, 0.15) is 5.82 Å². The van der Waals surface area contributed by atoms with Gasteiger partial charge in [0.15, 0.2) is 0 Å². The Morgan fingerprint density at radius 1 is 1.35 bits per heavy atom. The fourth-order valence-electron chi connectivity index (χ4n) is 1.05. The highest BCUT2D eigenvalue weighted by Gasteiger charge is 2.27. The number of hydrogen-bond donors (Lipinski definition) is 2. The molecule has 96 valence electrons. The summed E-state index contributed by atoms with van der Waals surface area (Å²) in [6.45, 7) is 2.80. The Kier molecular flexibility index (Phi) is 5.33. The van der Waals surface area contributed by atoms with E-state index < -0.39 is 5.51 Å². The number of thioether (sulfide) groups is 1. The molecule has 0 saturated carbocycles. The number of halogens is 3. The van der Waals surface area contributed by atoms with Crippen molar-refractivity contribution in [2.24, 2.45) is 0 Å². The molecule has 0 atom stereocenters. The zero-order valence-corrected chi connectivity index (χ0v) is 10.0. The van der Waals surface area contributed by atoms with Crippen molar-refractivity contribution in [3.63, 3.8) is 0 Å². The molecule has 0 aliphatic heterocycles. The SMILES string of the molecule is CCNc1nccc(NCCSC(F)(F)F)n1. The molecule has 0 unspecified atom stereocenters. The lowest BCUT2D eigenvalue weighted by Gasteiger charge is -2.08. The Morgan fingerprint density at radius 3 is 2.76 bits per heavy atom. The van der Waals surface area contributed by atoms with Crippen molar-refractivity contribution in [3.05, 3.63) is 12.3 Å². The maximum Gasteiger partial charge on any atom is 0.441 e. The molecule has 1 heterocycles. The largest absolute Gasteiger partial charge is 0.441 e. The second-order valence-corrected chi connectivity index (χ2v) is 4.18. The van der Waals surface area contributed by atoms with Gasteiger partial charge in [-0.25, -0.2) is 4.98 Å². The molecule has 1 aromatic rings. The molecule has 0 fully saturated rings. The molecule has 4 nitrogen and oxygen atoms in total. The van der Waals surface area contributed by atoms with Gasteiger partial charge in [-0.2, -0.15) is 18.2 Å². The van der Waals surface area contributed by atoms with Crippen molar-refractivity contribution in [3.8, 4) is 0 Å². The summed E-state index contributed by atoms with van der Waals surface area (Å²) >= 11 is -0.0543. The Hall–Kier alpha value is -1.18. The Labute approximate surface area is 101 Å². The lowest BCUT2D eigenvalue weighted by Crippen LogP contribution is -2.11. The van der Waals surface area contributed by atoms with Gasteiger partial charge in [-0.15, -0.1) is 0 Å². The number of anilines is 2. The predicted molar refractivity (Wildman–Crippen MR) is 63.2 cm³/mol. The molecule has 0 aliphatic rings. The molecular formula is C9H13F3N4S. The van der Waals surface area contributed by atoms with Crippen molar-refractivity contribution in [2.45, 2.75) is 12.4 Å². The molecule has 2 N–H and O–H groups in total. The van der Waals surface area contributed by atoms with Crippen LogP contribution in [0.15, 0.2) is 12.3 Å². The number of hydrogen-bond acceptors (Lipinski definition) is 5. The van der Waals surface area contributed by atoms with Crippen molar-refractivity contribution < 1.29 is 13.2 Å². The van der Waals surface area contributed by atoms with Gasteiger partial charge in [-0.1, -0.05) is 0 Å². The predicted octanol–water partition coefficient (Wildman–Crippen LogP) is 2.57. The molecular weight excluding hydrogens is 253 g/mol. The minimum Gasteiger partial charge on any atom is -0.369 e. The van der Waals surface area contributed by atoms with Gasteiger partial charge in [0.25, 0.3) is 0 Å². The molecule has 1 aromatic heterocycles. The first-order chi connectivity index (χ1) is 8.01. The first-order valence-corrected chi connectivity index (χ1v) is 6.01. The highest BCUT2D eigenvalue weighted by molar-refractivity contribution is 8.00. The standard InChI is InChI=1S/C9H13F3N4S/c1-2-13-8-15-4-3-7(16-8)14-5-6-17-9(10,11)12/h3-4H,2,5-6H2,1H3,(H2,13,14,15,16). The van der Waals surface area contributed by atoms with Crippen LogP contribution in [0.1, 0.15) is 6.92 Å². The minimum atomic E-state index is -4.18. The van der Waals surface area contributed by atoms with Crippen molar-refractivity contribution in [2.75, 3.05) is 29.5 Å². The van der Waals surface area contributed by atoms with E-state index in [1.54, 1.807) is 12.3 Å². The average Bonchev–Trinajstić information content (AvgIpc) is 2.24. The second-order valence-electron chi connectivity index (χ2n) is 3.02. The van der Waals surface area contributed by atoms with Gasteiger partial charge in [-0.3, -0.25) is 0 Å². The van der Waals surface area contributed by atoms with Gasteiger partial charge in [0.05, 0.1) is 0 Å². The van der Waals surface area contributed by atoms with Gasteiger partial charge >= 0.3 is 5.51 Å². The molecule has 0 saturated heterocycles. The zero-order valence-electron chi connectivity index (χ0n) is 9.21. The van der Waals surface area contributed by atoms with Crippen molar-refractivity contribution in [1.29, 1.82) is 0 Å². The van der Waals surface area contributed by atoms with Crippen LogP contribution in [0.25, 0.3) is 0 Å². The van der Waals surface area contributed by atoms with Crippen LogP contribution in [0.4, 0.5) is 24.9 Å². The fourth-order valence-corrected chi connectivity index (χ4v) is 1.48. The van der Waals surface area contributed by atoms with Crippen LogP contribution < -0.4 is 10.6 Å². The summed E-state index contributed by atoms with van der Waals surface area (Å²) in [6.07, 6.45) is 1.55. The van der Waals surface area contributed by atoms with Gasteiger partial charge in [-0.05, 0) is 24.8 Å². The summed E-state index contributed by atoms with van der Waals surface area (Å²) in [5.41, 5.74) is -4.18. The van der Waals surface area contributed by atoms with Crippen LogP contribution in [0, 0.1) is 0 Å². The number of rotatable bonds is 6. The third-order valence-electron chi connectivity index (χ3n) is 1.66. The molecule has 0 spiro atoms. The molecule has 0 amide bonds. The van der Waals surface area contributed by atoms with Crippen LogP contribution in [-0.2, 0) is 0 Å². The summed E-state index contributed by atoms with van der Waals surface area (Å²) < 4.78 is 35.5. The maximum absolute atomic E-state index is 11.8. The fraction of sp³-hybridized carbons (Fsp3) is 0.556. The van der Waals surface area contributed by atoms with E-state index in [1.807, 2.05) is 6.92 Å². The van der Waals surface area contributed by atoms with E-state index in [1.165, 1.54) is 0 Å². The molecule has 0 radical (unpaired) electrons. The van der Waals surface area contributed by atoms with Gasteiger partial charge in [0, 0.05) is 25.0 Å². The lowest BCUT2D eigenvalue weighted by atomic mass is 10.5. The van der Waals surface area contributed by atoms with E-state index in [-0.39, 0.29) is 24.1 Å². The number of nitrogens with zero attached hydrogens (tertiary/aromatic N) is 2. The normalized spacial score (nSPS) is 11.3. The molecule has 0 bridgehead atoms. The average molecular weight is 266 g/mol. The molecule has 0 aromatic carbocycles. The Morgan fingerprint density at radius 2 is 2.12 bits per heavy atom. The second kappa shape index (κ2) is 6.53. The Balaban J connectivity index is 2.34. The third kappa shape index (κ3) is 6.20. The summed E-state index contributed by atoms with van der Waals surface area (Å²) in [4.78, 5) is 8.02. The highest BCUT2D eigenvalue weighted by atomic mass is 32.2. The van der Waals surface area contributed by atoms with Crippen LogP contribution >= 0.6 is 11.8 Å². The summed E-state index contributed by atoms with van der Waals surface area (Å²) in [5.74, 6) is 0.920. The van der Waals surface area contributed by atoms with Crippen LogP contribution in [0.2, 0.25) is 0 Å². The first kappa shape index (κ1) is 13.9. The summed E-state index contributed by atoms with van der Waals surface area (Å²) in [5, 5.41) is 5.72. The summed E-state index contributed by atoms with van der Waals surface area (Å²) in [7, 11) is 0. The van der Waals surface area contributed by atoms with Gasteiger partial charge in [0.2, 0.25) is 5.95 Å². The van der Waals surface area contributed by atoms with E-state index >= 15 is 0 Å². The quantitative estimate of drug-likeness (QED) is 0.775. The van der Waals surface area contributed by atoms with E-state index in [4.69, 9.17) is 0 Å². The third-order valence-corrected chi connectivity index (χ3v) is 2.40. The molecule has 1 rings (SSSR count). The monoisotopic (exact) mass is 266 g/mol. The molecule has 17 heavy (non-hydrogen) atoms. The topological polar surface area (TPSA) is 49.8 Å². The van der Waals surface area contributed by atoms with E-state index in [2.05, 4.69) is 20.6 Å². The van der Waals surface area contributed by atoms with Crippen LogP contribution in [0.5, 0.6) is 0 Å². The first-order valence-electron chi connectivity index (χ1n) is 5.02. The molecule has 0 aliphatic carbocycles. The van der Waals surface area contributed by atoms with E-state index in [0.29, 0.717) is 18.3 Å². The molecule has 8 heteroatoms. The number of nitrogens with one attached hydrogen (secondary N) is 2. The van der Waals surface area contributed by atoms with E-state index in [0.717, 1.165) is 0 Å². The van der Waals surface area contributed by atoms with Gasteiger partial charge < -0.3 is 10.6 Å². The highest BCUT2D eigenvalue weighted by Crippen LogP contribution is 2.29. The lowest BCUT2D eigenvalue weighted by molar-refractivity contribution is -0.0327. The zero-order chi connectivity index (χ0) is 12.7. The maximum atomic E-state index is 11.8. The number of aromatic nitrogens is 2. The smallest absolute Gasteiger partial charge is 0.369 e. The minimum absolute atomic E-state index is 0.0515. The van der Waals surface area contributed by atoms with Crippen molar-refractivity contribution in [1.82, 2.24) is 9.97 Å². The van der Waals surface area contributed by atoms with Crippen molar-refractivity contribution >= 4 is 23.5 Å².